The molecule has 6 nitrogen and oxygen atoms in total. The van der Waals surface area contributed by atoms with Crippen molar-refractivity contribution in [1.29, 1.82) is 0 Å². The summed E-state index contributed by atoms with van der Waals surface area (Å²) in [7, 11) is 0. The van der Waals surface area contributed by atoms with Gasteiger partial charge in [-0.2, -0.15) is 0 Å². The van der Waals surface area contributed by atoms with Crippen LogP contribution in [0.4, 0.5) is 0 Å². The molecule has 1 aliphatic rings. The van der Waals surface area contributed by atoms with Crippen molar-refractivity contribution in [3.8, 4) is 0 Å². The molecule has 0 saturated carbocycles. The van der Waals surface area contributed by atoms with E-state index in [1.807, 2.05) is 24.3 Å². The Kier molecular flexibility index (Phi) is 8.35. The van der Waals surface area contributed by atoms with Crippen molar-refractivity contribution in [2.75, 3.05) is 6.61 Å². The van der Waals surface area contributed by atoms with Crippen LogP contribution in [0.1, 0.15) is 44.6 Å². The number of hydrogen-bond donors (Lipinski definition) is 1. The van der Waals surface area contributed by atoms with E-state index in [0.717, 1.165) is 29.9 Å². The molecule has 144 valence electrons. The fourth-order valence-corrected chi connectivity index (χ4v) is 3.20. The normalized spacial score (nSPS) is 19.5. The number of halogens is 1. The van der Waals surface area contributed by atoms with Gasteiger partial charge in [-0.15, -0.1) is 0 Å². The van der Waals surface area contributed by atoms with E-state index >= 15 is 0 Å². The third-order valence-electron chi connectivity index (χ3n) is 4.68. The zero-order valence-electron chi connectivity index (χ0n) is 15.0. The smallest absolute Gasteiger partial charge is 0.308 e. The fraction of sp³-hybridized carbons (Fsp3) is 0.579. The van der Waals surface area contributed by atoms with Crippen LogP contribution in [0.2, 0.25) is 5.02 Å². The minimum absolute atomic E-state index is 0.443. The van der Waals surface area contributed by atoms with Gasteiger partial charge < -0.3 is 9.84 Å². The summed E-state index contributed by atoms with van der Waals surface area (Å²) in [6.07, 6.45) is 4.58. The van der Waals surface area contributed by atoms with Gasteiger partial charge in [-0.1, -0.05) is 23.7 Å². The van der Waals surface area contributed by atoms with Gasteiger partial charge in [0, 0.05) is 18.1 Å². The number of carboxylic acids is 1. The molecule has 3 atom stereocenters. The van der Waals surface area contributed by atoms with Crippen molar-refractivity contribution < 1.29 is 24.3 Å². The minimum atomic E-state index is -0.936. The van der Waals surface area contributed by atoms with Crippen LogP contribution in [0, 0.1) is 5.92 Å². The summed E-state index contributed by atoms with van der Waals surface area (Å²) in [5.41, 5.74) is 1.10. The molecule has 1 aromatic carbocycles. The molecular formula is C19H26ClNO5. The molecule has 2 rings (SSSR count). The first-order valence-corrected chi connectivity index (χ1v) is 9.38. The first-order chi connectivity index (χ1) is 12.5. The van der Waals surface area contributed by atoms with Crippen molar-refractivity contribution in [1.82, 2.24) is 5.06 Å². The number of carboxylic acid groups (broad SMARTS) is 1. The molecule has 0 aromatic heterocycles. The zero-order chi connectivity index (χ0) is 18.9. The fourth-order valence-electron chi connectivity index (χ4n) is 3.07. The lowest BCUT2D eigenvalue weighted by atomic mass is 9.93. The Morgan fingerprint density at radius 2 is 2.15 bits per heavy atom. The highest BCUT2D eigenvalue weighted by atomic mass is 35.5. The SMILES string of the molecule is C[C@@H]([C@@H](CCCc1ccc(Cl)cc1)C(=O)O)N(C=O)OC1CCCCO1. The van der Waals surface area contributed by atoms with E-state index in [4.69, 9.17) is 21.2 Å². The lowest BCUT2D eigenvalue weighted by Gasteiger charge is -2.33. The number of rotatable bonds is 10. The number of hydrogen-bond acceptors (Lipinski definition) is 4. The molecule has 1 unspecified atom stereocenters. The number of hydroxylamine groups is 2. The number of carbonyl (C=O) groups excluding carboxylic acids is 1. The largest absolute Gasteiger partial charge is 0.481 e. The number of aryl methyl sites for hydroxylation is 1. The second-order valence-electron chi connectivity index (χ2n) is 6.57. The van der Waals surface area contributed by atoms with Gasteiger partial charge in [0.15, 0.2) is 6.29 Å². The molecule has 1 aliphatic heterocycles. The summed E-state index contributed by atoms with van der Waals surface area (Å²) in [5, 5.41) is 11.4. The number of amides is 1. The third kappa shape index (κ3) is 6.27. The van der Waals surface area contributed by atoms with Crippen LogP contribution in [0.25, 0.3) is 0 Å². The van der Waals surface area contributed by atoms with E-state index in [0.29, 0.717) is 37.3 Å². The van der Waals surface area contributed by atoms with Crippen LogP contribution >= 0.6 is 11.6 Å². The molecule has 0 bridgehead atoms. The van der Waals surface area contributed by atoms with Gasteiger partial charge in [-0.25, -0.2) is 9.90 Å². The quantitative estimate of drug-likeness (QED) is 0.492. The average molecular weight is 384 g/mol. The maximum absolute atomic E-state index is 11.7. The Labute approximate surface area is 159 Å². The maximum Gasteiger partial charge on any atom is 0.308 e. The van der Waals surface area contributed by atoms with Gasteiger partial charge in [-0.3, -0.25) is 9.59 Å². The highest BCUT2D eigenvalue weighted by Gasteiger charge is 2.31. The first-order valence-electron chi connectivity index (χ1n) is 9.00. The topological polar surface area (TPSA) is 76.1 Å². The maximum atomic E-state index is 11.7. The lowest BCUT2D eigenvalue weighted by Crippen LogP contribution is -2.44. The van der Waals surface area contributed by atoms with Crippen LogP contribution in [0.15, 0.2) is 24.3 Å². The molecule has 1 aromatic rings. The van der Waals surface area contributed by atoms with E-state index in [2.05, 4.69) is 0 Å². The van der Waals surface area contributed by atoms with Crippen LogP contribution in [-0.2, 0) is 25.6 Å². The molecule has 1 amide bonds. The molecule has 1 saturated heterocycles. The molecule has 1 N–H and O–H groups in total. The van der Waals surface area contributed by atoms with Gasteiger partial charge >= 0.3 is 5.97 Å². The molecule has 1 heterocycles. The number of benzene rings is 1. The minimum Gasteiger partial charge on any atom is -0.481 e. The number of nitrogens with zero attached hydrogens (tertiary/aromatic N) is 1. The first kappa shape index (κ1) is 20.7. The number of aliphatic carboxylic acids is 1. The van der Waals surface area contributed by atoms with Crippen LogP contribution in [0.5, 0.6) is 0 Å². The van der Waals surface area contributed by atoms with Crippen molar-refractivity contribution in [2.45, 2.75) is 57.8 Å². The average Bonchev–Trinajstić information content (AvgIpc) is 2.65. The van der Waals surface area contributed by atoms with Crippen molar-refractivity contribution in [3.05, 3.63) is 34.9 Å². The summed E-state index contributed by atoms with van der Waals surface area (Å²) >= 11 is 5.87. The molecule has 0 radical (unpaired) electrons. The molecule has 26 heavy (non-hydrogen) atoms. The Hall–Kier alpha value is -1.63. The van der Waals surface area contributed by atoms with Crippen LogP contribution in [0.3, 0.4) is 0 Å². The Morgan fingerprint density at radius 1 is 1.42 bits per heavy atom. The molecular weight excluding hydrogens is 358 g/mol. The van der Waals surface area contributed by atoms with Crippen LogP contribution < -0.4 is 0 Å². The van der Waals surface area contributed by atoms with E-state index in [1.54, 1.807) is 6.92 Å². The monoisotopic (exact) mass is 383 g/mol. The number of ether oxygens (including phenoxy) is 1. The molecule has 0 aliphatic carbocycles. The standard InChI is InChI=1S/C19H26ClNO5/c1-14(21(13-22)26-18-7-2-3-12-25-18)17(19(23)24)6-4-5-15-8-10-16(20)11-9-15/h8-11,13-14,17-18H,2-7,12H2,1H3,(H,23,24)/t14-,17+,18?/m0/s1. The predicted molar refractivity (Wildman–Crippen MR) is 97.6 cm³/mol. The van der Waals surface area contributed by atoms with Crippen molar-refractivity contribution in [3.63, 3.8) is 0 Å². The lowest BCUT2D eigenvalue weighted by molar-refractivity contribution is -0.288. The van der Waals surface area contributed by atoms with Gasteiger partial charge in [0.05, 0.1) is 12.0 Å². The summed E-state index contributed by atoms with van der Waals surface area (Å²) in [6, 6.07) is 6.92. The van der Waals surface area contributed by atoms with E-state index in [9.17, 15) is 14.7 Å². The predicted octanol–water partition coefficient (Wildman–Crippen LogP) is 3.67. The van der Waals surface area contributed by atoms with E-state index < -0.39 is 24.2 Å². The van der Waals surface area contributed by atoms with Crippen LogP contribution in [-0.4, -0.2) is 41.5 Å². The summed E-state index contributed by atoms with van der Waals surface area (Å²) in [5.74, 6) is -1.65. The Balaban J connectivity index is 1.89. The van der Waals surface area contributed by atoms with E-state index in [-0.39, 0.29) is 0 Å². The highest BCUT2D eigenvalue weighted by Crippen LogP contribution is 2.22. The Bertz CT molecular complexity index is 574. The van der Waals surface area contributed by atoms with Gasteiger partial charge in [0.1, 0.15) is 0 Å². The zero-order valence-corrected chi connectivity index (χ0v) is 15.7. The van der Waals surface area contributed by atoms with Gasteiger partial charge in [-0.05, 0) is 56.7 Å². The van der Waals surface area contributed by atoms with Gasteiger partial charge in [0.2, 0.25) is 6.41 Å². The number of carbonyl (C=O) groups is 2. The van der Waals surface area contributed by atoms with E-state index in [1.165, 1.54) is 0 Å². The molecule has 7 heteroatoms. The summed E-state index contributed by atoms with van der Waals surface area (Å²) in [6.45, 7) is 2.29. The van der Waals surface area contributed by atoms with Gasteiger partial charge in [0.25, 0.3) is 0 Å². The second kappa shape index (κ2) is 10.5. The highest BCUT2D eigenvalue weighted by molar-refractivity contribution is 6.30. The third-order valence-corrected chi connectivity index (χ3v) is 4.93. The second-order valence-corrected chi connectivity index (χ2v) is 7.01. The molecule has 0 spiro atoms. The Morgan fingerprint density at radius 3 is 2.73 bits per heavy atom. The molecule has 1 fully saturated rings. The van der Waals surface area contributed by atoms with Crippen molar-refractivity contribution >= 4 is 24.0 Å². The summed E-state index contributed by atoms with van der Waals surface area (Å²) in [4.78, 5) is 28.7. The van der Waals surface area contributed by atoms with Crippen molar-refractivity contribution in [2.24, 2.45) is 5.92 Å². The summed E-state index contributed by atoms with van der Waals surface area (Å²) < 4.78 is 5.47.